The Hall–Kier alpha value is -2.28. The number of hydrogen-bond acceptors (Lipinski definition) is 5. The van der Waals surface area contributed by atoms with Crippen molar-refractivity contribution in [3.63, 3.8) is 0 Å². The third-order valence-corrected chi connectivity index (χ3v) is 2.84. The molecular weight excluding hydrogens is 260 g/mol. The smallest absolute Gasteiger partial charge is 0.277 e. The van der Waals surface area contributed by atoms with Crippen LogP contribution in [0.1, 0.15) is 12.8 Å². The SMILES string of the molecule is O=C(CCn1nnc2ccccc2c1=O)NCCCO. The van der Waals surface area contributed by atoms with Crippen LogP contribution < -0.4 is 10.9 Å². The van der Waals surface area contributed by atoms with Gasteiger partial charge in [-0.05, 0) is 18.6 Å². The lowest BCUT2D eigenvalue weighted by molar-refractivity contribution is -0.121. The van der Waals surface area contributed by atoms with Crippen LogP contribution >= 0.6 is 0 Å². The normalized spacial score (nSPS) is 10.7. The lowest BCUT2D eigenvalue weighted by Crippen LogP contribution is -2.30. The first kappa shape index (κ1) is 14.1. The quantitative estimate of drug-likeness (QED) is 0.705. The van der Waals surface area contributed by atoms with E-state index in [1.165, 1.54) is 4.68 Å². The predicted octanol–water partition coefficient (Wildman–Crippen LogP) is -0.320. The van der Waals surface area contributed by atoms with Crippen molar-refractivity contribution in [3.8, 4) is 0 Å². The molecule has 106 valence electrons. The minimum atomic E-state index is -0.251. The molecule has 0 bridgehead atoms. The Morgan fingerprint density at radius 2 is 2.15 bits per heavy atom. The van der Waals surface area contributed by atoms with Gasteiger partial charge in [0, 0.05) is 19.6 Å². The van der Waals surface area contributed by atoms with E-state index in [1.807, 2.05) is 0 Å². The van der Waals surface area contributed by atoms with E-state index in [1.54, 1.807) is 24.3 Å². The van der Waals surface area contributed by atoms with Gasteiger partial charge in [-0.25, -0.2) is 4.68 Å². The summed E-state index contributed by atoms with van der Waals surface area (Å²) in [5.41, 5.74) is 0.292. The zero-order chi connectivity index (χ0) is 14.4. The van der Waals surface area contributed by atoms with E-state index in [2.05, 4.69) is 15.6 Å². The third-order valence-electron chi connectivity index (χ3n) is 2.84. The van der Waals surface area contributed by atoms with Gasteiger partial charge in [-0.3, -0.25) is 9.59 Å². The van der Waals surface area contributed by atoms with Gasteiger partial charge in [0.05, 0.1) is 11.9 Å². The molecule has 2 aromatic rings. The van der Waals surface area contributed by atoms with Crippen molar-refractivity contribution in [2.75, 3.05) is 13.2 Å². The molecule has 1 heterocycles. The van der Waals surface area contributed by atoms with Crippen molar-refractivity contribution >= 4 is 16.8 Å². The minimum absolute atomic E-state index is 0.0376. The monoisotopic (exact) mass is 276 g/mol. The number of nitrogens with zero attached hydrogens (tertiary/aromatic N) is 3. The number of benzene rings is 1. The fourth-order valence-corrected chi connectivity index (χ4v) is 1.77. The Morgan fingerprint density at radius 1 is 1.35 bits per heavy atom. The van der Waals surface area contributed by atoms with Crippen LogP contribution in [-0.4, -0.2) is 39.2 Å². The molecule has 0 fully saturated rings. The summed E-state index contributed by atoms with van der Waals surface area (Å²) in [6.07, 6.45) is 0.666. The van der Waals surface area contributed by atoms with Crippen LogP contribution in [0.2, 0.25) is 0 Å². The molecule has 2 rings (SSSR count). The summed E-state index contributed by atoms with van der Waals surface area (Å²) < 4.78 is 1.19. The Labute approximate surface area is 115 Å². The van der Waals surface area contributed by atoms with Crippen LogP contribution in [0.4, 0.5) is 0 Å². The summed E-state index contributed by atoms with van der Waals surface area (Å²) >= 11 is 0. The predicted molar refractivity (Wildman–Crippen MR) is 73.1 cm³/mol. The largest absolute Gasteiger partial charge is 0.396 e. The molecule has 0 radical (unpaired) electrons. The van der Waals surface area contributed by atoms with Crippen molar-refractivity contribution in [2.24, 2.45) is 0 Å². The summed E-state index contributed by atoms with van der Waals surface area (Å²) in [7, 11) is 0. The molecule has 0 saturated carbocycles. The van der Waals surface area contributed by atoms with E-state index < -0.39 is 0 Å². The fourth-order valence-electron chi connectivity index (χ4n) is 1.77. The minimum Gasteiger partial charge on any atom is -0.396 e. The number of aromatic nitrogens is 3. The first-order valence-corrected chi connectivity index (χ1v) is 6.42. The van der Waals surface area contributed by atoms with Crippen LogP contribution in [0.3, 0.4) is 0 Å². The summed E-state index contributed by atoms with van der Waals surface area (Å²) in [4.78, 5) is 23.6. The number of rotatable bonds is 6. The van der Waals surface area contributed by atoms with Crippen molar-refractivity contribution in [3.05, 3.63) is 34.6 Å². The third kappa shape index (κ3) is 3.39. The van der Waals surface area contributed by atoms with Gasteiger partial charge >= 0.3 is 0 Å². The Balaban J connectivity index is 2.02. The Bertz CT molecular complexity index is 653. The average molecular weight is 276 g/mol. The molecule has 7 heteroatoms. The van der Waals surface area contributed by atoms with Gasteiger partial charge in [0.2, 0.25) is 5.91 Å². The summed E-state index contributed by atoms with van der Waals surface area (Å²) in [6, 6.07) is 6.95. The number of nitrogens with one attached hydrogen (secondary N) is 1. The molecular formula is C13H16N4O3. The van der Waals surface area contributed by atoms with Crippen molar-refractivity contribution in [2.45, 2.75) is 19.4 Å². The number of hydrogen-bond donors (Lipinski definition) is 2. The highest BCUT2D eigenvalue weighted by atomic mass is 16.3. The Kier molecular flexibility index (Phi) is 4.78. The average Bonchev–Trinajstić information content (AvgIpc) is 2.47. The maximum absolute atomic E-state index is 12.1. The molecule has 1 aromatic carbocycles. The molecule has 0 saturated heterocycles. The molecule has 0 aliphatic heterocycles. The molecule has 1 aromatic heterocycles. The molecule has 1 amide bonds. The van der Waals surface area contributed by atoms with Gasteiger partial charge in [-0.15, -0.1) is 5.10 Å². The zero-order valence-electron chi connectivity index (χ0n) is 11.0. The first-order valence-electron chi connectivity index (χ1n) is 6.42. The van der Waals surface area contributed by atoms with Crippen LogP contribution in [0.15, 0.2) is 29.1 Å². The molecule has 0 unspecified atom stereocenters. The van der Waals surface area contributed by atoms with Gasteiger partial charge in [0.25, 0.3) is 5.56 Å². The second-order valence-electron chi connectivity index (χ2n) is 4.31. The maximum atomic E-state index is 12.1. The molecule has 0 aliphatic rings. The van der Waals surface area contributed by atoms with E-state index in [4.69, 9.17) is 5.11 Å². The lowest BCUT2D eigenvalue weighted by Gasteiger charge is -2.05. The number of fused-ring (bicyclic) bond motifs is 1. The number of carbonyl (C=O) groups is 1. The van der Waals surface area contributed by atoms with Crippen molar-refractivity contribution < 1.29 is 9.90 Å². The van der Waals surface area contributed by atoms with Crippen LogP contribution in [0.25, 0.3) is 10.9 Å². The van der Waals surface area contributed by atoms with E-state index in [-0.39, 0.29) is 31.0 Å². The number of aryl methyl sites for hydroxylation is 1. The van der Waals surface area contributed by atoms with E-state index >= 15 is 0 Å². The molecule has 0 atom stereocenters. The lowest BCUT2D eigenvalue weighted by atomic mass is 10.2. The van der Waals surface area contributed by atoms with Crippen LogP contribution in [0, 0.1) is 0 Å². The number of amides is 1. The van der Waals surface area contributed by atoms with Gasteiger partial charge in [0.15, 0.2) is 0 Å². The standard InChI is InChI=1S/C13H16N4O3/c18-9-3-7-14-12(19)6-8-17-13(20)10-4-1-2-5-11(10)15-16-17/h1-2,4-5,18H,3,6-9H2,(H,14,19). The zero-order valence-corrected chi connectivity index (χ0v) is 11.0. The number of aliphatic hydroxyl groups is 1. The summed E-state index contributed by atoms with van der Waals surface area (Å²) in [5, 5.41) is 19.5. The van der Waals surface area contributed by atoms with Gasteiger partial charge in [-0.1, -0.05) is 17.3 Å². The highest BCUT2D eigenvalue weighted by molar-refractivity contribution is 5.77. The summed E-state index contributed by atoms with van der Waals surface area (Å²) in [6.45, 7) is 0.644. The number of aliphatic hydroxyl groups excluding tert-OH is 1. The van der Waals surface area contributed by atoms with Gasteiger partial charge in [-0.2, -0.15) is 0 Å². The van der Waals surface area contributed by atoms with E-state index in [0.717, 1.165) is 0 Å². The Morgan fingerprint density at radius 3 is 2.95 bits per heavy atom. The molecule has 0 spiro atoms. The first-order chi connectivity index (χ1) is 9.72. The van der Waals surface area contributed by atoms with Crippen LogP contribution in [-0.2, 0) is 11.3 Å². The molecule has 20 heavy (non-hydrogen) atoms. The van der Waals surface area contributed by atoms with Gasteiger partial charge in [0.1, 0.15) is 5.52 Å². The highest BCUT2D eigenvalue weighted by Gasteiger charge is 2.07. The number of carbonyl (C=O) groups excluding carboxylic acids is 1. The van der Waals surface area contributed by atoms with Crippen molar-refractivity contribution in [1.82, 2.24) is 20.3 Å². The second kappa shape index (κ2) is 6.76. The van der Waals surface area contributed by atoms with Crippen molar-refractivity contribution in [1.29, 1.82) is 0 Å². The second-order valence-corrected chi connectivity index (χ2v) is 4.31. The van der Waals surface area contributed by atoms with Gasteiger partial charge < -0.3 is 10.4 Å². The highest BCUT2D eigenvalue weighted by Crippen LogP contribution is 2.03. The topological polar surface area (TPSA) is 97.1 Å². The molecule has 2 N–H and O–H groups in total. The summed E-state index contributed by atoms with van der Waals surface area (Å²) in [5.74, 6) is -0.180. The van der Waals surface area contributed by atoms with E-state index in [9.17, 15) is 9.59 Å². The fraction of sp³-hybridized carbons (Fsp3) is 0.385. The van der Waals surface area contributed by atoms with E-state index in [0.29, 0.717) is 23.9 Å². The molecule has 7 nitrogen and oxygen atoms in total. The molecule has 0 aliphatic carbocycles. The van der Waals surface area contributed by atoms with Crippen LogP contribution in [0.5, 0.6) is 0 Å². The maximum Gasteiger partial charge on any atom is 0.277 e.